The van der Waals surface area contributed by atoms with Crippen molar-refractivity contribution < 1.29 is 28.6 Å². The molecule has 0 bridgehead atoms. The maximum absolute atomic E-state index is 13.4. The normalized spacial score (nSPS) is 20.4. The molecule has 2 aromatic carbocycles. The molecule has 4 rings (SSSR count). The van der Waals surface area contributed by atoms with Crippen LogP contribution in [0.25, 0.3) is 0 Å². The van der Waals surface area contributed by atoms with Crippen LogP contribution in [-0.4, -0.2) is 53.3 Å². The van der Waals surface area contributed by atoms with Gasteiger partial charge in [0, 0.05) is 48.9 Å². The third-order valence-corrected chi connectivity index (χ3v) is 6.14. The lowest BCUT2D eigenvalue weighted by atomic mass is 10.1. The molecule has 0 aliphatic carbocycles. The summed E-state index contributed by atoms with van der Waals surface area (Å²) >= 11 is 5.80. The van der Waals surface area contributed by atoms with Crippen molar-refractivity contribution in [2.75, 3.05) is 24.5 Å². The number of ether oxygens (including phenoxy) is 1. The molecule has 8 nitrogen and oxygen atoms in total. The Morgan fingerprint density at radius 3 is 2.62 bits per heavy atom. The molecule has 0 aromatic heterocycles. The highest BCUT2D eigenvalue weighted by atomic mass is 35.5. The van der Waals surface area contributed by atoms with Gasteiger partial charge in [0.2, 0.25) is 0 Å². The molecule has 3 amide bonds. The average Bonchev–Trinajstić information content (AvgIpc) is 3.11. The van der Waals surface area contributed by atoms with Gasteiger partial charge in [0.25, 0.3) is 17.6 Å². The third kappa shape index (κ3) is 5.31. The number of hydrogen-bond donors (Lipinski definition) is 2. The van der Waals surface area contributed by atoms with Gasteiger partial charge in [-0.2, -0.15) is 0 Å². The molecule has 2 fully saturated rings. The fourth-order valence-corrected chi connectivity index (χ4v) is 4.43. The maximum atomic E-state index is 13.4. The van der Waals surface area contributed by atoms with Gasteiger partial charge in [-0.3, -0.25) is 9.59 Å². The zero-order valence-corrected chi connectivity index (χ0v) is 19.2. The monoisotopic (exact) mass is 489 g/mol. The number of carbonyl (C=O) groups is 3. The lowest BCUT2D eigenvalue weighted by molar-refractivity contribution is -0.175. The molecule has 0 saturated carbocycles. The van der Waals surface area contributed by atoms with Crippen LogP contribution in [0.4, 0.5) is 14.9 Å². The van der Waals surface area contributed by atoms with E-state index in [2.05, 4.69) is 5.32 Å². The lowest BCUT2D eigenvalue weighted by Crippen LogP contribution is -2.46. The van der Waals surface area contributed by atoms with Gasteiger partial charge in [-0.25, -0.2) is 9.18 Å². The zero-order valence-electron chi connectivity index (χ0n) is 18.4. The Morgan fingerprint density at radius 2 is 1.88 bits per heavy atom. The van der Waals surface area contributed by atoms with Crippen LogP contribution in [-0.2, 0) is 16.1 Å². The van der Waals surface area contributed by atoms with E-state index in [1.165, 1.54) is 17.0 Å². The molecule has 34 heavy (non-hydrogen) atoms. The van der Waals surface area contributed by atoms with Gasteiger partial charge in [0.05, 0.1) is 0 Å². The van der Waals surface area contributed by atoms with Gasteiger partial charge in [-0.05, 0) is 61.2 Å². The molecule has 0 radical (unpaired) electrons. The van der Waals surface area contributed by atoms with Crippen molar-refractivity contribution in [2.24, 2.45) is 0 Å². The van der Waals surface area contributed by atoms with E-state index in [0.717, 1.165) is 25.3 Å². The first-order chi connectivity index (χ1) is 16.2. The van der Waals surface area contributed by atoms with Crippen molar-refractivity contribution in [1.29, 1.82) is 0 Å². The van der Waals surface area contributed by atoms with E-state index in [1.54, 1.807) is 29.2 Å². The van der Waals surface area contributed by atoms with E-state index in [1.807, 2.05) is 0 Å². The summed E-state index contributed by atoms with van der Waals surface area (Å²) in [5.74, 6) is -3.81. The Bertz CT molecular complexity index is 1090. The lowest BCUT2D eigenvalue weighted by Gasteiger charge is -2.27. The minimum absolute atomic E-state index is 0.100. The quantitative estimate of drug-likeness (QED) is 0.627. The van der Waals surface area contributed by atoms with E-state index < -0.39 is 23.6 Å². The number of hydrogen-bond acceptors (Lipinski definition) is 5. The number of piperidine rings is 1. The second-order valence-electron chi connectivity index (χ2n) is 8.42. The van der Waals surface area contributed by atoms with E-state index >= 15 is 0 Å². The molecule has 2 saturated heterocycles. The number of amides is 3. The number of benzene rings is 2. The minimum Gasteiger partial charge on any atom is -0.407 e. The maximum Gasteiger partial charge on any atom is 0.410 e. The molecule has 2 heterocycles. The van der Waals surface area contributed by atoms with Gasteiger partial charge in [-0.1, -0.05) is 17.7 Å². The fourth-order valence-electron chi connectivity index (χ4n) is 4.19. The molecule has 1 atom stereocenters. The summed E-state index contributed by atoms with van der Waals surface area (Å²) < 4.78 is 18.5. The molecular formula is C24H25ClFN3O5. The summed E-state index contributed by atoms with van der Waals surface area (Å²) in [6, 6.07) is 10.4. The van der Waals surface area contributed by atoms with Crippen molar-refractivity contribution >= 4 is 35.2 Å². The topological polar surface area (TPSA) is 99.2 Å². The smallest absolute Gasteiger partial charge is 0.407 e. The second kappa shape index (κ2) is 9.99. The molecular weight excluding hydrogens is 465 g/mol. The van der Waals surface area contributed by atoms with Crippen LogP contribution in [0.3, 0.4) is 0 Å². The Labute approximate surface area is 201 Å². The number of nitrogens with one attached hydrogen (secondary N) is 1. The van der Waals surface area contributed by atoms with Gasteiger partial charge in [-0.15, -0.1) is 0 Å². The van der Waals surface area contributed by atoms with Crippen LogP contribution in [0.1, 0.15) is 41.6 Å². The van der Waals surface area contributed by atoms with Gasteiger partial charge in [0.1, 0.15) is 5.82 Å². The average molecular weight is 490 g/mol. The van der Waals surface area contributed by atoms with Gasteiger partial charge in [0.15, 0.2) is 0 Å². The highest BCUT2D eigenvalue weighted by Gasteiger charge is 2.49. The summed E-state index contributed by atoms with van der Waals surface area (Å²) in [7, 11) is 0. The van der Waals surface area contributed by atoms with Crippen molar-refractivity contribution in [2.45, 2.75) is 38.0 Å². The summed E-state index contributed by atoms with van der Waals surface area (Å²) in [5, 5.41) is 13.2. The molecule has 180 valence electrons. The summed E-state index contributed by atoms with van der Waals surface area (Å²) in [6.07, 6.45) is 1.86. The van der Waals surface area contributed by atoms with E-state index in [4.69, 9.17) is 16.3 Å². The zero-order chi connectivity index (χ0) is 24.3. The number of aliphatic hydroxyl groups is 1. The number of nitrogens with zero attached hydrogens (tertiary/aromatic N) is 2. The molecule has 2 N–H and O–H groups in total. The number of anilines is 1. The molecule has 10 heteroatoms. The van der Waals surface area contributed by atoms with Crippen LogP contribution in [0.5, 0.6) is 0 Å². The predicted octanol–water partition coefficient (Wildman–Crippen LogP) is 3.46. The van der Waals surface area contributed by atoms with Crippen molar-refractivity contribution in [3.05, 3.63) is 64.4 Å². The first-order valence-corrected chi connectivity index (χ1v) is 11.5. The summed E-state index contributed by atoms with van der Waals surface area (Å²) in [4.78, 5) is 41.0. The van der Waals surface area contributed by atoms with Crippen LogP contribution in [0.15, 0.2) is 42.5 Å². The first kappa shape index (κ1) is 24.0. The highest BCUT2D eigenvalue weighted by Crippen LogP contribution is 2.30. The molecule has 2 aliphatic rings. The molecule has 0 spiro atoms. The number of halogens is 2. The summed E-state index contributed by atoms with van der Waals surface area (Å²) in [6.45, 7) is 1.40. The SMILES string of the molecule is O=C(NCc1cc(F)cc(Cl)c1)O[C@@]1(O)CCN(c2cccc(C(=O)N3CCCCC3)c2)C1=O. The molecule has 2 aromatic rings. The predicted molar refractivity (Wildman–Crippen MR) is 123 cm³/mol. The number of likely N-dealkylation sites (tertiary alicyclic amines) is 1. The Hall–Kier alpha value is -3.17. The first-order valence-electron chi connectivity index (χ1n) is 11.1. The Kier molecular flexibility index (Phi) is 7.04. The van der Waals surface area contributed by atoms with Crippen LogP contribution in [0.2, 0.25) is 5.02 Å². The minimum atomic E-state index is -2.35. The van der Waals surface area contributed by atoms with E-state index in [-0.39, 0.29) is 30.4 Å². The Balaban J connectivity index is 1.39. The number of alkyl carbamates (subject to hydrolysis) is 1. The van der Waals surface area contributed by atoms with Crippen molar-refractivity contribution in [1.82, 2.24) is 10.2 Å². The van der Waals surface area contributed by atoms with Crippen LogP contribution >= 0.6 is 11.6 Å². The van der Waals surface area contributed by atoms with Gasteiger partial charge >= 0.3 is 6.09 Å². The van der Waals surface area contributed by atoms with Gasteiger partial charge < -0.3 is 25.0 Å². The Morgan fingerprint density at radius 1 is 1.12 bits per heavy atom. The van der Waals surface area contributed by atoms with E-state index in [0.29, 0.717) is 29.9 Å². The second-order valence-corrected chi connectivity index (χ2v) is 8.85. The van der Waals surface area contributed by atoms with Crippen LogP contribution in [0, 0.1) is 5.82 Å². The molecule has 2 aliphatic heterocycles. The fraction of sp³-hybridized carbons (Fsp3) is 0.375. The molecule has 0 unspecified atom stereocenters. The largest absolute Gasteiger partial charge is 0.410 e. The van der Waals surface area contributed by atoms with E-state index in [9.17, 15) is 23.9 Å². The number of rotatable bonds is 5. The third-order valence-electron chi connectivity index (χ3n) is 5.92. The summed E-state index contributed by atoms with van der Waals surface area (Å²) in [5.41, 5.74) is 1.28. The standard InChI is InChI=1S/C24H25ClFN3O5/c25-18-11-16(12-19(26)14-18)15-27-23(32)34-24(33)7-10-29(22(24)31)20-6-4-5-17(13-20)21(30)28-8-2-1-3-9-28/h4-6,11-14,33H,1-3,7-10,15H2,(H,27,32)/t24-/m0/s1. The number of carbonyl (C=O) groups excluding carboxylic acids is 3. The van der Waals surface area contributed by atoms with Crippen molar-refractivity contribution in [3.8, 4) is 0 Å². The highest BCUT2D eigenvalue weighted by molar-refractivity contribution is 6.30. The van der Waals surface area contributed by atoms with Crippen LogP contribution < -0.4 is 10.2 Å². The van der Waals surface area contributed by atoms with Crippen molar-refractivity contribution in [3.63, 3.8) is 0 Å².